The monoisotopic (exact) mass is 335 g/mol. The van der Waals surface area contributed by atoms with Gasteiger partial charge in [0.05, 0.1) is 12.6 Å². The van der Waals surface area contributed by atoms with Crippen LogP contribution in [-0.4, -0.2) is 11.7 Å². The van der Waals surface area contributed by atoms with Gasteiger partial charge in [-0.1, -0.05) is 78.5 Å². The van der Waals surface area contributed by atoms with Crippen LogP contribution in [0.4, 0.5) is 0 Å². The van der Waals surface area contributed by atoms with E-state index in [4.69, 9.17) is 0 Å². The Morgan fingerprint density at radius 1 is 0.792 bits per heavy atom. The van der Waals surface area contributed by atoms with E-state index < -0.39 is 0 Å². The van der Waals surface area contributed by atoms with E-state index in [1.54, 1.807) is 11.8 Å². The summed E-state index contributed by atoms with van der Waals surface area (Å²) in [5, 5.41) is 13.2. The number of aliphatic hydroxyl groups is 1. The predicted octanol–water partition coefficient (Wildman–Crippen LogP) is 4.66. The fourth-order valence-electron chi connectivity index (χ4n) is 2.57. The van der Waals surface area contributed by atoms with Crippen molar-refractivity contribution in [2.75, 3.05) is 6.61 Å². The molecule has 3 heteroatoms. The lowest BCUT2D eigenvalue weighted by Gasteiger charge is -2.18. The maximum Gasteiger partial charge on any atom is 0.0626 e. The van der Waals surface area contributed by atoms with Gasteiger partial charge in [-0.3, -0.25) is 0 Å². The fraction of sp³-hybridized carbons (Fsp3) is 0.143. The molecule has 0 amide bonds. The molecule has 0 unspecified atom stereocenters. The molecule has 0 heterocycles. The molecule has 2 N–H and O–H groups in total. The Labute approximate surface area is 147 Å². The molecule has 0 fully saturated rings. The Morgan fingerprint density at radius 3 is 2.12 bits per heavy atom. The van der Waals surface area contributed by atoms with Gasteiger partial charge in [-0.05, 0) is 29.3 Å². The Morgan fingerprint density at radius 2 is 1.42 bits per heavy atom. The average molecular weight is 335 g/mol. The van der Waals surface area contributed by atoms with Gasteiger partial charge in [0.15, 0.2) is 0 Å². The maximum absolute atomic E-state index is 9.69. The van der Waals surface area contributed by atoms with Gasteiger partial charge in [0.1, 0.15) is 0 Å². The SMILES string of the molecule is OC[C@H](NCc1ccccc1Sc1ccccc1)c1ccccc1. The van der Waals surface area contributed by atoms with E-state index in [1.807, 2.05) is 36.4 Å². The van der Waals surface area contributed by atoms with Gasteiger partial charge >= 0.3 is 0 Å². The van der Waals surface area contributed by atoms with Gasteiger partial charge in [0.25, 0.3) is 0 Å². The summed E-state index contributed by atoms with van der Waals surface area (Å²) in [4.78, 5) is 2.47. The van der Waals surface area contributed by atoms with Gasteiger partial charge in [0.2, 0.25) is 0 Å². The van der Waals surface area contributed by atoms with Crippen LogP contribution < -0.4 is 5.32 Å². The molecule has 0 aliphatic heterocycles. The summed E-state index contributed by atoms with van der Waals surface area (Å²) in [6.45, 7) is 0.800. The minimum absolute atomic E-state index is 0.0546. The number of benzene rings is 3. The van der Waals surface area contributed by atoms with E-state index in [0.717, 1.165) is 12.1 Å². The van der Waals surface area contributed by atoms with Crippen molar-refractivity contribution in [1.82, 2.24) is 5.32 Å². The fourth-order valence-corrected chi connectivity index (χ4v) is 3.54. The molecule has 0 saturated carbocycles. The number of nitrogens with one attached hydrogen (secondary N) is 1. The molecule has 3 aromatic rings. The first kappa shape index (κ1) is 16.8. The third-order valence-corrected chi connectivity index (χ3v) is 4.99. The molecule has 1 atom stereocenters. The second kappa shape index (κ2) is 8.69. The number of rotatable bonds is 7. The van der Waals surface area contributed by atoms with Crippen molar-refractivity contribution in [1.29, 1.82) is 0 Å². The summed E-state index contributed by atoms with van der Waals surface area (Å²) < 4.78 is 0. The van der Waals surface area contributed by atoms with Gasteiger partial charge in [0, 0.05) is 16.3 Å². The van der Waals surface area contributed by atoms with Crippen LogP contribution in [0.2, 0.25) is 0 Å². The third-order valence-electron chi connectivity index (χ3n) is 3.87. The molecule has 0 saturated heterocycles. The minimum Gasteiger partial charge on any atom is -0.394 e. The molecule has 0 aromatic heterocycles. The molecular formula is C21H21NOS. The zero-order valence-corrected chi connectivity index (χ0v) is 14.2. The van der Waals surface area contributed by atoms with Crippen molar-refractivity contribution in [3.63, 3.8) is 0 Å². The molecule has 3 aromatic carbocycles. The molecule has 122 valence electrons. The third kappa shape index (κ3) is 4.48. The Balaban J connectivity index is 1.71. The largest absolute Gasteiger partial charge is 0.394 e. The molecule has 0 radical (unpaired) electrons. The van der Waals surface area contributed by atoms with Crippen LogP contribution in [0.5, 0.6) is 0 Å². The average Bonchev–Trinajstić information content (AvgIpc) is 2.65. The molecular weight excluding hydrogens is 314 g/mol. The summed E-state index contributed by atoms with van der Waals surface area (Å²) in [6.07, 6.45) is 0. The molecule has 0 aliphatic carbocycles. The van der Waals surface area contributed by atoms with Crippen LogP contribution in [0, 0.1) is 0 Å². The second-order valence-electron chi connectivity index (χ2n) is 5.55. The highest BCUT2D eigenvalue weighted by molar-refractivity contribution is 7.99. The van der Waals surface area contributed by atoms with Gasteiger partial charge < -0.3 is 10.4 Å². The summed E-state index contributed by atoms with van der Waals surface area (Å²) in [5.74, 6) is 0. The lowest BCUT2D eigenvalue weighted by atomic mass is 10.1. The lowest BCUT2D eigenvalue weighted by Crippen LogP contribution is -2.24. The zero-order valence-electron chi connectivity index (χ0n) is 13.4. The quantitative estimate of drug-likeness (QED) is 0.658. The van der Waals surface area contributed by atoms with E-state index >= 15 is 0 Å². The Kier molecular flexibility index (Phi) is 6.07. The van der Waals surface area contributed by atoms with Crippen LogP contribution in [-0.2, 0) is 6.54 Å². The number of hydrogen-bond donors (Lipinski definition) is 2. The second-order valence-corrected chi connectivity index (χ2v) is 6.66. The molecule has 24 heavy (non-hydrogen) atoms. The summed E-state index contributed by atoms with van der Waals surface area (Å²) >= 11 is 1.77. The molecule has 0 spiro atoms. The highest BCUT2D eigenvalue weighted by Crippen LogP contribution is 2.30. The zero-order chi connectivity index (χ0) is 16.6. The number of aliphatic hydroxyl groups excluding tert-OH is 1. The minimum atomic E-state index is -0.0546. The van der Waals surface area contributed by atoms with Crippen molar-refractivity contribution in [2.24, 2.45) is 0 Å². The van der Waals surface area contributed by atoms with Gasteiger partial charge in [-0.2, -0.15) is 0 Å². The summed E-state index contributed by atoms with van der Waals surface area (Å²) in [5.41, 5.74) is 2.34. The smallest absolute Gasteiger partial charge is 0.0626 e. The summed E-state index contributed by atoms with van der Waals surface area (Å²) in [6, 6.07) is 28.8. The summed E-state index contributed by atoms with van der Waals surface area (Å²) in [7, 11) is 0. The van der Waals surface area contributed by atoms with Crippen molar-refractivity contribution >= 4 is 11.8 Å². The van der Waals surface area contributed by atoms with Crippen LogP contribution in [0.1, 0.15) is 17.2 Å². The Bertz CT molecular complexity index is 746. The van der Waals surface area contributed by atoms with Crippen LogP contribution in [0.15, 0.2) is 94.7 Å². The highest BCUT2D eigenvalue weighted by Gasteiger charge is 2.11. The highest BCUT2D eigenvalue weighted by atomic mass is 32.2. The Hall–Kier alpha value is -2.07. The maximum atomic E-state index is 9.69. The van der Waals surface area contributed by atoms with E-state index in [0.29, 0.717) is 0 Å². The van der Waals surface area contributed by atoms with Gasteiger partial charge in [-0.15, -0.1) is 0 Å². The van der Waals surface area contributed by atoms with Crippen molar-refractivity contribution < 1.29 is 5.11 Å². The topological polar surface area (TPSA) is 32.3 Å². The normalized spacial score (nSPS) is 12.0. The first-order chi connectivity index (χ1) is 11.9. The van der Waals surface area contributed by atoms with Crippen molar-refractivity contribution in [2.45, 2.75) is 22.4 Å². The number of hydrogen-bond acceptors (Lipinski definition) is 3. The van der Waals surface area contributed by atoms with Crippen LogP contribution in [0.3, 0.4) is 0 Å². The van der Waals surface area contributed by atoms with E-state index in [2.05, 4.69) is 53.8 Å². The van der Waals surface area contributed by atoms with E-state index in [1.165, 1.54) is 15.4 Å². The molecule has 0 bridgehead atoms. The standard InChI is InChI=1S/C21H21NOS/c23-16-20(17-9-3-1-4-10-17)22-15-18-11-7-8-14-21(18)24-19-12-5-2-6-13-19/h1-14,20,22-23H,15-16H2/t20-/m0/s1. The van der Waals surface area contributed by atoms with E-state index in [-0.39, 0.29) is 12.6 Å². The molecule has 2 nitrogen and oxygen atoms in total. The van der Waals surface area contributed by atoms with Gasteiger partial charge in [-0.25, -0.2) is 0 Å². The molecule has 3 rings (SSSR count). The first-order valence-electron chi connectivity index (χ1n) is 8.07. The van der Waals surface area contributed by atoms with Crippen LogP contribution in [0.25, 0.3) is 0 Å². The molecule has 0 aliphatic rings. The predicted molar refractivity (Wildman–Crippen MR) is 100 cm³/mol. The first-order valence-corrected chi connectivity index (χ1v) is 8.88. The van der Waals surface area contributed by atoms with Crippen molar-refractivity contribution in [3.05, 3.63) is 96.1 Å². The van der Waals surface area contributed by atoms with E-state index in [9.17, 15) is 5.11 Å². The lowest BCUT2D eigenvalue weighted by molar-refractivity contribution is 0.243. The van der Waals surface area contributed by atoms with Crippen molar-refractivity contribution in [3.8, 4) is 0 Å². The van der Waals surface area contributed by atoms with Crippen LogP contribution >= 0.6 is 11.8 Å².